The van der Waals surface area contributed by atoms with E-state index in [-0.39, 0.29) is 17.7 Å². The molecule has 6 heteroatoms. The fourth-order valence-electron chi connectivity index (χ4n) is 1.89. The molecule has 0 saturated carbocycles. The van der Waals surface area contributed by atoms with Crippen LogP contribution in [-0.4, -0.2) is 37.4 Å². The van der Waals surface area contributed by atoms with Crippen molar-refractivity contribution in [1.82, 2.24) is 10.2 Å². The highest BCUT2D eigenvalue weighted by atomic mass is 16.5. The van der Waals surface area contributed by atoms with Gasteiger partial charge in [-0.2, -0.15) is 5.26 Å². The zero-order valence-electron chi connectivity index (χ0n) is 13.1. The van der Waals surface area contributed by atoms with Gasteiger partial charge in [0.05, 0.1) is 7.11 Å². The maximum atomic E-state index is 12.0. The summed E-state index contributed by atoms with van der Waals surface area (Å²) >= 11 is 0. The second-order valence-corrected chi connectivity index (χ2v) is 5.14. The average molecular weight is 303 g/mol. The highest BCUT2D eigenvalue weighted by Crippen LogP contribution is 2.13. The van der Waals surface area contributed by atoms with E-state index in [0.29, 0.717) is 30.7 Å². The van der Waals surface area contributed by atoms with Gasteiger partial charge < -0.3 is 10.1 Å². The number of hydrogen-bond donors (Lipinski definition) is 1. The number of methoxy groups -OCH3 is 1. The van der Waals surface area contributed by atoms with Crippen molar-refractivity contribution in [2.45, 2.75) is 19.8 Å². The molecule has 22 heavy (non-hydrogen) atoms. The highest BCUT2D eigenvalue weighted by Gasteiger charge is 2.13. The van der Waals surface area contributed by atoms with Crippen LogP contribution in [0.2, 0.25) is 0 Å². The minimum Gasteiger partial charge on any atom is -0.497 e. The minimum absolute atomic E-state index is 0.0916. The molecule has 1 aromatic carbocycles. The first-order valence-electron chi connectivity index (χ1n) is 7.06. The van der Waals surface area contributed by atoms with E-state index < -0.39 is 0 Å². The van der Waals surface area contributed by atoms with Crippen LogP contribution >= 0.6 is 0 Å². The lowest BCUT2D eigenvalue weighted by Crippen LogP contribution is -2.27. The Balaban J connectivity index is 2.38. The molecule has 1 atom stereocenters. The lowest BCUT2D eigenvalue weighted by molar-refractivity contribution is -0.128. The van der Waals surface area contributed by atoms with Crippen LogP contribution in [0.5, 0.6) is 5.75 Å². The van der Waals surface area contributed by atoms with Crippen molar-refractivity contribution in [3.63, 3.8) is 0 Å². The predicted octanol–water partition coefficient (Wildman–Crippen LogP) is 1.78. The second kappa shape index (κ2) is 8.67. The monoisotopic (exact) mass is 303 g/mol. The van der Waals surface area contributed by atoms with Gasteiger partial charge in [0.25, 0.3) is 5.91 Å². The Hall–Kier alpha value is -2.55. The molecule has 0 unspecified atom stereocenters. The van der Waals surface area contributed by atoms with Crippen molar-refractivity contribution < 1.29 is 14.3 Å². The zero-order chi connectivity index (χ0) is 16.5. The minimum atomic E-state index is -0.214. The summed E-state index contributed by atoms with van der Waals surface area (Å²) < 4.78 is 5.08. The van der Waals surface area contributed by atoms with E-state index in [9.17, 15) is 9.59 Å². The number of nitrogens with zero attached hydrogens (tertiary/aromatic N) is 2. The Morgan fingerprint density at radius 1 is 1.45 bits per heavy atom. The number of carbonyl (C=O) groups is 2. The van der Waals surface area contributed by atoms with E-state index in [4.69, 9.17) is 10.00 Å². The third-order valence-corrected chi connectivity index (χ3v) is 3.30. The zero-order valence-corrected chi connectivity index (χ0v) is 13.1. The van der Waals surface area contributed by atoms with Crippen LogP contribution in [-0.2, 0) is 4.79 Å². The first kappa shape index (κ1) is 17.5. The Labute approximate surface area is 130 Å². The van der Waals surface area contributed by atoms with Gasteiger partial charge in [-0.05, 0) is 30.5 Å². The number of nitriles is 1. The van der Waals surface area contributed by atoms with Gasteiger partial charge in [0, 0.05) is 25.6 Å². The van der Waals surface area contributed by atoms with Crippen molar-refractivity contribution in [2.75, 3.05) is 20.7 Å². The molecule has 6 nitrogen and oxygen atoms in total. The molecule has 0 heterocycles. The van der Waals surface area contributed by atoms with E-state index in [0.717, 1.165) is 4.90 Å². The molecule has 0 spiro atoms. The van der Waals surface area contributed by atoms with Gasteiger partial charge in [0.15, 0.2) is 6.19 Å². The molecule has 1 rings (SSSR count). The molecule has 0 aliphatic rings. The van der Waals surface area contributed by atoms with Crippen LogP contribution < -0.4 is 10.1 Å². The third-order valence-electron chi connectivity index (χ3n) is 3.30. The number of ether oxygens (including phenoxy) is 1. The summed E-state index contributed by atoms with van der Waals surface area (Å²) in [6, 6.07) is 6.92. The molecule has 0 radical (unpaired) electrons. The van der Waals surface area contributed by atoms with Gasteiger partial charge in [-0.3, -0.25) is 14.5 Å². The molecule has 0 saturated heterocycles. The molecule has 2 amide bonds. The van der Waals surface area contributed by atoms with Gasteiger partial charge in [0.1, 0.15) is 5.75 Å². The topological polar surface area (TPSA) is 82.4 Å². The number of carbonyl (C=O) groups excluding carboxylic acids is 2. The van der Waals surface area contributed by atoms with E-state index >= 15 is 0 Å². The third kappa shape index (κ3) is 5.44. The van der Waals surface area contributed by atoms with Crippen molar-refractivity contribution in [2.24, 2.45) is 5.92 Å². The maximum Gasteiger partial charge on any atom is 0.251 e. The van der Waals surface area contributed by atoms with Crippen molar-refractivity contribution in [1.29, 1.82) is 5.26 Å². The number of benzene rings is 1. The quantitative estimate of drug-likeness (QED) is 0.615. The fourth-order valence-corrected chi connectivity index (χ4v) is 1.89. The number of hydrogen-bond acceptors (Lipinski definition) is 4. The fraction of sp³-hybridized carbons (Fsp3) is 0.438. The second-order valence-electron chi connectivity index (χ2n) is 5.14. The Morgan fingerprint density at radius 2 is 2.18 bits per heavy atom. The molecule has 0 bridgehead atoms. The molecular formula is C16H21N3O3. The lowest BCUT2D eigenvalue weighted by Gasteiger charge is -2.13. The van der Waals surface area contributed by atoms with Crippen LogP contribution in [0.4, 0.5) is 0 Å². The van der Waals surface area contributed by atoms with Gasteiger partial charge in [-0.15, -0.1) is 0 Å². The summed E-state index contributed by atoms with van der Waals surface area (Å²) in [5, 5.41) is 11.4. The molecule has 0 aromatic heterocycles. The molecule has 1 aromatic rings. The Morgan fingerprint density at radius 3 is 2.82 bits per heavy atom. The van der Waals surface area contributed by atoms with Gasteiger partial charge in [0.2, 0.25) is 5.91 Å². The van der Waals surface area contributed by atoms with Crippen molar-refractivity contribution >= 4 is 11.8 Å². The molecule has 0 fully saturated rings. The largest absolute Gasteiger partial charge is 0.497 e. The summed E-state index contributed by atoms with van der Waals surface area (Å²) in [6.45, 7) is 2.39. The van der Waals surface area contributed by atoms with Crippen LogP contribution in [0.1, 0.15) is 30.1 Å². The summed E-state index contributed by atoms with van der Waals surface area (Å²) in [4.78, 5) is 24.6. The molecular weight excluding hydrogens is 282 g/mol. The Kier molecular flexibility index (Phi) is 6.90. The van der Waals surface area contributed by atoms with E-state index in [2.05, 4.69) is 5.32 Å². The number of nitrogens with one attached hydrogen (secondary N) is 1. The van der Waals surface area contributed by atoms with Crippen LogP contribution in [0.15, 0.2) is 24.3 Å². The predicted molar refractivity (Wildman–Crippen MR) is 82.1 cm³/mol. The number of rotatable bonds is 7. The van der Waals surface area contributed by atoms with Crippen LogP contribution in [0.25, 0.3) is 0 Å². The van der Waals surface area contributed by atoms with Crippen molar-refractivity contribution in [3.8, 4) is 11.9 Å². The highest BCUT2D eigenvalue weighted by molar-refractivity contribution is 5.94. The maximum absolute atomic E-state index is 12.0. The standard InChI is InChI=1S/C16H21N3O3/c1-12(9-15(20)19(2)11-17)7-8-18-16(21)13-5-4-6-14(10-13)22-3/h4-6,10,12H,7-9H2,1-3H3,(H,18,21)/t12-/m0/s1. The summed E-state index contributed by atoms with van der Waals surface area (Å²) in [5.74, 6) is 0.334. The first-order chi connectivity index (χ1) is 10.5. The normalized spacial score (nSPS) is 11.2. The average Bonchev–Trinajstić information content (AvgIpc) is 2.53. The molecule has 0 aliphatic heterocycles. The molecule has 1 N–H and O–H groups in total. The molecule has 118 valence electrons. The first-order valence-corrected chi connectivity index (χ1v) is 7.06. The van der Waals surface area contributed by atoms with E-state index in [1.54, 1.807) is 37.6 Å². The van der Waals surface area contributed by atoms with Crippen molar-refractivity contribution in [3.05, 3.63) is 29.8 Å². The van der Waals surface area contributed by atoms with Crippen LogP contribution in [0, 0.1) is 17.4 Å². The molecule has 0 aliphatic carbocycles. The number of amides is 2. The van der Waals surface area contributed by atoms with E-state index in [1.165, 1.54) is 7.05 Å². The smallest absolute Gasteiger partial charge is 0.251 e. The van der Waals surface area contributed by atoms with Gasteiger partial charge in [-0.25, -0.2) is 0 Å². The van der Waals surface area contributed by atoms with Gasteiger partial charge >= 0.3 is 0 Å². The van der Waals surface area contributed by atoms with E-state index in [1.807, 2.05) is 6.92 Å². The summed E-state index contributed by atoms with van der Waals surface area (Å²) in [7, 11) is 2.99. The lowest BCUT2D eigenvalue weighted by atomic mass is 10.0. The van der Waals surface area contributed by atoms with Gasteiger partial charge in [-0.1, -0.05) is 13.0 Å². The summed E-state index contributed by atoms with van der Waals surface area (Å²) in [5.41, 5.74) is 0.535. The Bertz CT molecular complexity index is 566. The van der Waals surface area contributed by atoms with Crippen LogP contribution in [0.3, 0.4) is 0 Å². The summed E-state index contributed by atoms with van der Waals surface area (Å²) in [6.07, 6.45) is 2.74. The SMILES string of the molecule is COc1cccc(C(=O)NCC[C@H](C)CC(=O)N(C)C#N)c1.